The zero-order chi connectivity index (χ0) is 12.2. The first-order valence-corrected chi connectivity index (χ1v) is 5.59. The summed E-state index contributed by atoms with van der Waals surface area (Å²) in [6, 6.07) is 1.90. The Morgan fingerprint density at radius 2 is 2.18 bits per heavy atom. The lowest BCUT2D eigenvalue weighted by atomic mass is 10.0. The monoisotopic (exact) mass is 235 g/mol. The molecule has 0 aromatic heterocycles. The topological polar surface area (TPSA) is 61.6 Å². The highest BCUT2D eigenvalue weighted by atomic mass is 16.6. The van der Waals surface area contributed by atoms with Crippen molar-refractivity contribution in [2.45, 2.75) is 18.8 Å². The first-order chi connectivity index (χ1) is 8.17. The average molecular weight is 235 g/mol. The van der Waals surface area contributed by atoms with Crippen LogP contribution in [0, 0.1) is 16.0 Å². The van der Waals surface area contributed by atoms with Crippen LogP contribution in [-0.4, -0.2) is 19.1 Å². The molecular formula is C12H13NO4. The molecule has 5 heteroatoms. The fraction of sp³-hybridized carbons (Fsp3) is 0.500. The van der Waals surface area contributed by atoms with Gasteiger partial charge in [-0.2, -0.15) is 0 Å². The van der Waals surface area contributed by atoms with Crippen LogP contribution in [0.3, 0.4) is 0 Å². The van der Waals surface area contributed by atoms with Crippen molar-refractivity contribution < 1.29 is 14.4 Å². The molecule has 0 saturated heterocycles. The summed E-state index contributed by atoms with van der Waals surface area (Å²) in [5.74, 6) is 1.81. The van der Waals surface area contributed by atoms with Crippen molar-refractivity contribution in [3.05, 3.63) is 27.3 Å². The standard InChI is InChI=1S/C12H13NO4/c1-16-10-5-8-7-3-6(7)4-9(8)11(13(14)15)12(10)17-2/h5-7H,3-4H2,1-2H3/t6-,7-/m0/s1. The van der Waals surface area contributed by atoms with Gasteiger partial charge in [0.2, 0.25) is 5.75 Å². The van der Waals surface area contributed by atoms with Crippen LogP contribution in [0.4, 0.5) is 5.69 Å². The first kappa shape index (κ1) is 10.4. The number of nitro benzene ring substituents is 1. The molecule has 1 aromatic carbocycles. The van der Waals surface area contributed by atoms with Gasteiger partial charge < -0.3 is 9.47 Å². The first-order valence-electron chi connectivity index (χ1n) is 5.59. The number of benzene rings is 1. The predicted molar refractivity (Wildman–Crippen MR) is 60.8 cm³/mol. The molecule has 1 saturated carbocycles. The highest BCUT2D eigenvalue weighted by Crippen LogP contribution is 2.60. The summed E-state index contributed by atoms with van der Waals surface area (Å²) in [5.41, 5.74) is 2.02. The summed E-state index contributed by atoms with van der Waals surface area (Å²) in [6.07, 6.45) is 1.95. The maximum absolute atomic E-state index is 11.2. The molecular weight excluding hydrogens is 222 g/mol. The van der Waals surface area contributed by atoms with Crippen molar-refractivity contribution in [3.8, 4) is 11.5 Å². The number of hydrogen-bond acceptors (Lipinski definition) is 4. The third-order valence-electron chi connectivity index (χ3n) is 3.75. The van der Waals surface area contributed by atoms with Crippen LogP contribution in [0.15, 0.2) is 6.07 Å². The largest absolute Gasteiger partial charge is 0.493 e. The summed E-state index contributed by atoms with van der Waals surface area (Å²) in [5, 5.41) is 11.2. The number of fused-ring (bicyclic) bond motifs is 3. The molecule has 0 radical (unpaired) electrons. The number of nitro groups is 1. The third-order valence-corrected chi connectivity index (χ3v) is 3.75. The van der Waals surface area contributed by atoms with Gasteiger partial charge in [0.15, 0.2) is 5.75 Å². The number of hydrogen-bond donors (Lipinski definition) is 0. The second-order valence-corrected chi connectivity index (χ2v) is 4.59. The van der Waals surface area contributed by atoms with Gasteiger partial charge in [0.1, 0.15) is 0 Å². The van der Waals surface area contributed by atoms with Crippen molar-refractivity contribution in [1.29, 1.82) is 0 Å². The van der Waals surface area contributed by atoms with E-state index in [0.29, 0.717) is 17.6 Å². The van der Waals surface area contributed by atoms with Crippen LogP contribution in [0.1, 0.15) is 23.5 Å². The Kier molecular flexibility index (Phi) is 2.05. The minimum atomic E-state index is -0.356. The van der Waals surface area contributed by atoms with Crippen molar-refractivity contribution in [1.82, 2.24) is 0 Å². The molecule has 0 N–H and O–H groups in total. The van der Waals surface area contributed by atoms with E-state index in [1.165, 1.54) is 14.2 Å². The second kappa shape index (κ2) is 3.35. The summed E-state index contributed by atoms with van der Waals surface area (Å²) < 4.78 is 10.3. The van der Waals surface area contributed by atoms with Gasteiger partial charge in [-0.3, -0.25) is 10.1 Å². The van der Waals surface area contributed by atoms with E-state index in [1.54, 1.807) is 0 Å². The molecule has 0 unspecified atom stereocenters. The van der Waals surface area contributed by atoms with Gasteiger partial charge in [0.05, 0.1) is 19.1 Å². The highest BCUT2D eigenvalue weighted by molar-refractivity contribution is 5.67. The van der Waals surface area contributed by atoms with Crippen LogP contribution in [0.5, 0.6) is 11.5 Å². The molecule has 90 valence electrons. The lowest BCUT2D eigenvalue weighted by molar-refractivity contribution is -0.386. The Bertz CT molecular complexity index is 508. The summed E-state index contributed by atoms with van der Waals surface area (Å²) in [4.78, 5) is 10.8. The van der Waals surface area contributed by atoms with Crippen LogP contribution >= 0.6 is 0 Å². The minimum Gasteiger partial charge on any atom is -0.493 e. The maximum atomic E-state index is 11.2. The van der Waals surface area contributed by atoms with Crippen LogP contribution < -0.4 is 9.47 Å². The maximum Gasteiger partial charge on any atom is 0.318 e. The van der Waals surface area contributed by atoms with E-state index in [9.17, 15) is 10.1 Å². The van der Waals surface area contributed by atoms with E-state index in [4.69, 9.17) is 9.47 Å². The van der Waals surface area contributed by atoms with Gasteiger partial charge in [0.25, 0.3) is 0 Å². The van der Waals surface area contributed by atoms with Crippen molar-refractivity contribution in [2.75, 3.05) is 14.2 Å². The van der Waals surface area contributed by atoms with Crippen LogP contribution in [-0.2, 0) is 6.42 Å². The minimum absolute atomic E-state index is 0.0917. The highest BCUT2D eigenvalue weighted by Gasteiger charge is 2.49. The van der Waals surface area contributed by atoms with Gasteiger partial charge >= 0.3 is 5.69 Å². The molecule has 0 aliphatic heterocycles. The molecule has 2 aliphatic carbocycles. The summed E-state index contributed by atoms with van der Waals surface area (Å²) in [6.45, 7) is 0. The molecule has 0 spiro atoms. The van der Waals surface area contributed by atoms with E-state index in [2.05, 4.69) is 0 Å². The molecule has 2 atom stereocenters. The Balaban J connectivity index is 2.25. The van der Waals surface area contributed by atoms with Crippen LogP contribution in [0.25, 0.3) is 0 Å². The lowest BCUT2D eigenvalue weighted by Crippen LogP contribution is -2.02. The molecule has 0 heterocycles. The van der Waals surface area contributed by atoms with Gasteiger partial charge in [-0.15, -0.1) is 0 Å². The van der Waals surface area contributed by atoms with Gasteiger partial charge in [-0.1, -0.05) is 0 Å². The fourth-order valence-corrected chi connectivity index (χ4v) is 2.89. The van der Waals surface area contributed by atoms with E-state index < -0.39 is 0 Å². The Hall–Kier alpha value is -1.78. The smallest absolute Gasteiger partial charge is 0.318 e. The number of rotatable bonds is 3. The zero-order valence-electron chi connectivity index (χ0n) is 9.73. The van der Waals surface area contributed by atoms with Crippen molar-refractivity contribution >= 4 is 5.69 Å². The molecule has 17 heavy (non-hydrogen) atoms. The molecule has 0 bridgehead atoms. The number of nitrogens with zero attached hydrogens (tertiary/aromatic N) is 1. The van der Waals surface area contributed by atoms with Crippen molar-refractivity contribution in [3.63, 3.8) is 0 Å². The van der Waals surface area contributed by atoms with Crippen molar-refractivity contribution in [2.24, 2.45) is 5.92 Å². The molecule has 3 rings (SSSR count). The average Bonchev–Trinajstić information content (AvgIpc) is 2.99. The van der Waals surface area contributed by atoms with Gasteiger partial charge in [-0.05, 0) is 36.3 Å². The Labute approximate surface area is 98.5 Å². The molecule has 1 aromatic rings. The second-order valence-electron chi connectivity index (χ2n) is 4.59. The zero-order valence-corrected chi connectivity index (χ0v) is 9.73. The fourth-order valence-electron chi connectivity index (χ4n) is 2.89. The molecule has 2 aliphatic rings. The summed E-state index contributed by atoms with van der Waals surface area (Å²) >= 11 is 0. The predicted octanol–water partition coefficient (Wildman–Crippen LogP) is 2.27. The van der Waals surface area contributed by atoms with E-state index >= 15 is 0 Å². The van der Waals surface area contributed by atoms with Gasteiger partial charge in [0, 0.05) is 5.56 Å². The van der Waals surface area contributed by atoms with Crippen LogP contribution in [0.2, 0.25) is 0 Å². The Morgan fingerprint density at radius 3 is 2.76 bits per heavy atom. The quantitative estimate of drug-likeness (QED) is 0.595. The SMILES string of the molecule is COc1cc2c(c([N+](=O)[O-])c1OC)C[C@@H]1C[C@H]21. The summed E-state index contributed by atoms with van der Waals surface area (Å²) in [7, 11) is 2.94. The lowest BCUT2D eigenvalue weighted by Gasteiger charge is -2.12. The van der Waals surface area contributed by atoms with E-state index in [1.807, 2.05) is 6.07 Å². The van der Waals surface area contributed by atoms with E-state index in [-0.39, 0.29) is 16.4 Å². The molecule has 1 fully saturated rings. The number of methoxy groups -OCH3 is 2. The molecule has 5 nitrogen and oxygen atoms in total. The molecule has 0 amide bonds. The number of ether oxygens (including phenoxy) is 2. The third kappa shape index (κ3) is 1.31. The van der Waals surface area contributed by atoms with Gasteiger partial charge in [-0.25, -0.2) is 0 Å². The van der Waals surface area contributed by atoms with E-state index in [0.717, 1.165) is 24.0 Å². The normalized spacial score (nSPS) is 23.9. The Morgan fingerprint density at radius 1 is 1.41 bits per heavy atom.